The molecule has 0 saturated heterocycles. The molecule has 4 aromatic rings. The molecule has 11 heteroatoms. The lowest BCUT2D eigenvalue weighted by molar-refractivity contribution is -0.140. The van der Waals surface area contributed by atoms with Gasteiger partial charge in [-0.25, -0.2) is 8.42 Å². The van der Waals surface area contributed by atoms with Gasteiger partial charge in [-0.2, -0.15) is 0 Å². The second-order valence-electron chi connectivity index (χ2n) is 10.4. The average molecular weight is 765 g/mol. The zero-order valence-electron chi connectivity index (χ0n) is 24.2. The number of nitrogens with zero attached hydrogens (tertiary/aromatic N) is 2. The monoisotopic (exact) mass is 763 g/mol. The van der Waals surface area contributed by atoms with Crippen molar-refractivity contribution >= 4 is 73.3 Å². The van der Waals surface area contributed by atoms with E-state index in [1.54, 1.807) is 60.7 Å². The fourth-order valence-electron chi connectivity index (χ4n) is 4.64. The molecule has 44 heavy (non-hydrogen) atoms. The van der Waals surface area contributed by atoms with Crippen molar-refractivity contribution < 1.29 is 18.0 Å². The Morgan fingerprint density at radius 1 is 0.818 bits per heavy atom. The van der Waals surface area contributed by atoms with Gasteiger partial charge in [0.25, 0.3) is 10.0 Å². The van der Waals surface area contributed by atoms with Crippen molar-refractivity contribution in [1.29, 1.82) is 0 Å². The number of halogens is 3. The maximum atomic E-state index is 14.5. The minimum absolute atomic E-state index is 0.0328. The van der Waals surface area contributed by atoms with Crippen molar-refractivity contribution in [2.24, 2.45) is 0 Å². The van der Waals surface area contributed by atoms with Gasteiger partial charge in [-0.15, -0.1) is 0 Å². The number of benzene rings is 4. The summed E-state index contributed by atoms with van der Waals surface area (Å²) in [5, 5.41) is 3.58. The van der Waals surface area contributed by atoms with E-state index < -0.39 is 28.5 Å². The van der Waals surface area contributed by atoms with Gasteiger partial charge in [0.05, 0.1) is 10.6 Å². The first kappa shape index (κ1) is 33.8. The second-order valence-corrected chi connectivity index (χ2v) is 14.3. The van der Waals surface area contributed by atoms with Crippen LogP contribution in [0.1, 0.15) is 25.0 Å². The van der Waals surface area contributed by atoms with Crippen LogP contribution in [-0.2, 0) is 32.6 Å². The number of hydrogen-bond donors (Lipinski definition) is 1. The van der Waals surface area contributed by atoms with Crippen LogP contribution in [0.25, 0.3) is 0 Å². The number of nitrogens with one attached hydrogen (secondary N) is 1. The highest BCUT2D eigenvalue weighted by atomic mass is 127. The summed E-state index contributed by atoms with van der Waals surface area (Å²) in [6.07, 6.45) is 0.183. The lowest BCUT2D eigenvalue weighted by Crippen LogP contribution is -2.54. The first-order valence-electron chi connectivity index (χ1n) is 13.9. The summed E-state index contributed by atoms with van der Waals surface area (Å²) in [4.78, 5) is 29.7. The number of sulfonamides is 1. The third kappa shape index (κ3) is 8.53. The zero-order chi connectivity index (χ0) is 31.9. The minimum atomic E-state index is -4.18. The van der Waals surface area contributed by atoms with Crippen molar-refractivity contribution in [3.8, 4) is 0 Å². The quantitative estimate of drug-likeness (QED) is 0.158. The van der Waals surface area contributed by atoms with Crippen molar-refractivity contribution in [3.05, 3.63) is 128 Å². The Kier molecular flexibility index (Phi) is 11.7. The highest BCUT2D eigenvalue weighted by molar-refractivity contribution is 14.1. The molecule has 0 unspecified atom stereocenters. The van der Waals surface area contributed by atoms with E-state index >= 15 is 0 Å². The molecule has 0 heterocycles. The fraction of sp³-hybridized carbons (Fsp3) is 0.212. The molecular weight excluding hydrogens is 732 g/mol. The topological polar surface area (TPSA) is 86.8 Å². The molecular formula is C33H32Cl2IN3O4S. The van der Waals surface area contributed by atoms with Gasteiger partial charge < -0.3 is 10.2 Å². The molecule has 0 radical (unpaired) electrons. The van der Waals surface area contributed by atoms with Gasteiger partial charge in [0.1, 0.15) is 12.6 Å². The normalized spacial score (nSPS) is 12.0. The Morgan fingerprint density at radius 2 is 1.39 bits per heavy atom. The van der Waals surface area contributed by atoms with Gasteiger partial charge in [0, 0.05) is 38.2 Å². The molecule has 0 spiro atoms. The minimum Gasteiger partial charge on any atom is -0.352 e. The van der Waals surface area contributed by atoms with E-state index in [9.17, 15) is 18.0 Å². The van der Waals surface area contributed by atoms with Gasteiger partial charge in [-0.05, 0) is 90.5 Å². The van der Waals surface area contributed by atoms with Crippen LogP contribution >= 0.6 is 45.8 Å². The Labute approximate surface area is 282 Å². The van der Waals surface area contributed by atoms with Crippen molar-refractivity contribution in [2.75, 3.05) is 10.8 Å². The van der Waals surface area contributed by atoms with E-state index in [0.717, 1.165) is 13.4 Å². The lowest BCUT2D eigenvalue weighted by Gasteiger charge is -2.34. The molecule has 0 saturated carbocycles. The molecule has 0 bridgehead atoms. The summed E-state index contributed by atoms with van der Waals surface area (Å²) in [5.41, 5.74) is 1.58. The van der Waals surface area contributed by atoms with Crippen LogP contribution in [0.3, 0.4) is 0 Å². The summed E-state index contributed by atoms with van der Waals surface area (Å²) >= 11 is 15.2. The second kappa shape index (κ2) is 15.2. The Balaban J connectivity index is 1.83. The van der Waals surface area contributed by atoms with Gasteiger partial charge in [0.15, 0.2) is 0 Å². The molecule has 7 nitrogen and oxygen atoms in total. The lowest BCUT2D eigenvalue weighted by atomic mass is 10.0. The van der Waals surface area contributed by atoms with Crippen LogP contribution in [-0.4, -0.2) is 43.8 Å². The Bertz CT molecular complexity index is 1670. The van der Waals surface area contributed by atoms with Crippen LogP contribution < -0.4 is 9.62 Å². The molecule has 0 fully saturated rings. The third-order valence-corrected chi connectivity index (χ3v) is 10.0. The molecule has 0 aromatic heterocycles. The number of carbonyl (C=O) groups is 2. The van der Waals surface area contributed by atoms with Gasteiger partial charge in [-0.3, -0.25) is 13.9 Å². The maximum absolute atomic E-state index is 14.5. The molecule has 0 aliphatic carbocycles. The molecule has 1 atom stereocenters. The average Bonchev–Trinajstić information content (AvgIpc) is 3.00. The Morgan fingerprint density at radius 3 is 1.95 bits per heavy atom. The summed E-state index contributed by atoms with van der Waals surface area (Å²) in [6.45, 7) is 2.98. The van der Waals surface area contributed by atoms with Crippen molar-refractivity contribution in [1.82, 2.24) is 10.2 Å². The van der Waals surface area contributed by atoms with E-state index in [0.29, 0.717) is 21.3 Å². The predicted octanol–water partition coefficient (Wildman–Crippen LogP) is 6.96. The highest BCUT2D eigenvalue weighted by Crippen LogP contribution is 2.29. The SMILES string of the molecule is CC(C)NC(=O)[C@@H](Cc1ccccc1)N(Cc1c(Cl)cccc1Cl)C(=O)CN(c1ccc(I)cc1)S(=O)(=O)c1ccccc1. The number of anilines is 1. The molecule has 4 rings (SSSR count). The van der Waals surface area contributed by atoms with Crippen LogP contribution in [0.15, 0.2) is 108 Å². The highest BCUT2D eigenvalue weighted by Gasteiger charge is 2.35. The van der Waals surface area contributed by atoms with Crippen LogP contribution in [0.5, 0.6) is 0 Å². The van der Waals surface area contributed by atoms with E-state index in [4.69, 9.17) is 23.2 Å². The van der Waals surface area contributed by atoms with Crippen LogP contribution in [0.4, 0.5) is 5.69 Å². The van der Waals surface area contributed by atoms with E-state index in [2.05, 4.69) is 27.9 Å². The molecule has 1 N–H and O–H groups in total. The summed E-state index contributed by atoms with van der Waals surface area (Å²) < 4.78 is 30.0. The molecule has 0 aliphatic rings. The van der Waals surface area contributed by atoms with Gasteiger partial charge in [0.2, 0.25) is 11.8 Å². The summed E-state index contributed by atoms with van der Waals surface area (Å²) in [6, 6.07) is 27.9. The number of hydrogen-bond acceptors (Lipinski definition) is 4. The van der Waals surface area contributed by atoms with Gasteiger partial charge >= 0.3 is 0 Å². The zero-order valence-corrected chi connectivity index (χ0v) is 28.6. The molecule has 2 amide bonds. The van der Waals surface area contributed by atoms with E-state index in [-0.39, 0.29) is 29.8 Å². The number of carbonyl (C=O) groups excluding carboxylic acids is 2. The number of rotatable bonds is 12. The molecule has 0 aliphatic heterocycles. The van der Waals surface area contributed by atoms with Crippen LogP contribution in [0, 0.1) is 3.57 Å². The summed E-state index contributed by atoms with van der Waals surface area (Å²) in [5.74, 6) is -0.981. The first-order chi connectivity index (χ1) is 21.0. The van der Waals surface area contributed by atoms with E-state index in [1.807, 2.05) is 44.2 Å². The van der Waals surface area contributed by atoms with Crippen molar-refractivity contribution in [3.63, 3.8) is 0 Å². The standard InChI is InChI=1S/C33H32Cl2IN3O4S/c1-23(2)37-33(41)31(20-24-10-5-3-6-11-24)38(21-28-29(34)14-9-15-30(28)35)32(40)22-39(26-18-16-25(36)17-19-26)44(42,43)27-12-7-4-8-13-27/h3-19,23,31H,20-22H2,1-2H3,(H,37,41)/t31-/m1/s1. The first-order valence-corrected chi connectivity index (χ1v) is 17.1. The van der Waals surface area contributed by atoms with E-state index in [1.165, 1.54) is 17.0 Å². The fourth-order valence-corrected chi connectivity index (χ4v) is 6.96. The predicted molar refractivity (Wildman–Crippen MR) is 184 cm³/mol. The summed E-state index contributed by atoms with van der Waals surface area (Å²) in [7, 11) is -4.18. The smallest absolute Gasteiger partial charge is 0.264 e. The molecule has 230 valence electrons. The third-order valence-electron chi connectivity index (χ3n) is 6.82. The van der Waals surface area contributed by atoms with Gasteiger partial charge in [-0.1, -0.05) is 77.8 Å². The maximum Gasteiger partial charge on any atom is 0.264 e. The Hall–Kier alpha value is -3.12. The van der Waals surface area contributed by atoms with Crippen LogP contribution in [0.2, 0.25) is 10.0 Å². The molecule has 4 aromatic carbocycles. The number of amides is 2. The largest absolute Gasteiger partial charge is 0.352 e. The van der Waals surface area contributed by atoms with Crippen molar-refractivity contribution in [2.45, 2.75) is 43.8 Å².